The first kappa shape index (κ1) is 20.9. The molecule has 4 heterocycles. The number of fused-ring (bicyclic) bond motifs is 1. The summed E-state index contributed by atoms with van der Waals surface area (Å²) in [6, 6.07) is 7.31. The normalized spacial score (nSPS) is 27.2. The zero-order valence-electron chi connectivity index (χ0n) is 18.1. The number of tetrazole rings is 1. The fourth-order valence-electron chi connectivity index (χ4n) is 4.22. The van der Waals surface area contributed by atoms with Crippen LogP contribution in [-0.2, 0) is 14.2 Å². The summed E-state index contributed by atoms with van der Waals surface area (Å²) in [7, 11) is 3.93. The number of benzene rings is 1. The maximum atomic E-state index is 12.6. The van der Waals surface area contributed by atoms with Crippen LogP contribution in [0.3, 0.4) is 0 Å². The Kier molecular flexibility index (Phi) is 5.81. The van der Waals surface area contributed by atoms with Gasteiger partial charge in [-0.15, -0.1) is 0 Å². The van der Waals surface area contributed by atoms with Crippen LogP contribution < -0.4 is 15.0 Å². The lowest BCUT2D eigenvalue weighted by Crippen LogP contribution is -2.52. The molecule has 12 heteroatoms. The van der Waals surface area contributed by atoms with Crippen molar-refractivity contribution in [2.75, 3.05) is 58.5 Å². The number of carbonyl (C=O) groups is 1. The Morgan fingerprint density at radius 2 is 2.00 bits per heavy atom. The van der Waals surface area contributed by atoms with Gasteiger partial charge in [0, 0.05) is 38.9 Å². The molecule has 4 unspecified atom stereocenters. The Bertz CT molecular complexity index is 948. The summed E-state index contributed by atoms with van der Waals surface area (Å²) in [5.41, 5.74) is 1.00. The van der Waals surface area contributed by atoms with Crippen LogP contribution in [0, 0.1) is 0 Å². The maximum Gasteiger partial charge on any atom is 0.341 e. The highest BCUT2D eigenvalue weighted by atomic mass is 16.6. The van der Waals surface area contributed by atoms with Crippen molar-refractivity contribution in [3.8, 4) is 11.8 Å². The number of nitrogens with zero attached hydrogens (tertiary/aromatic N) is 6. The fourth-order valence-corrected chi connectivity index (χ4v) is 4.22. The molecule has 0 aliphatic carbocycles. The predicted octanol–water partition coefficient (Wildman–Crippen LogP) is 0.281. The van der Waals surface area contributed by atoms with Gasteiger partial charge >= 0.3 is 12.0 Å². The van der Waals surface area contributed by atoms with Gasteiger partial charge in [0.05, 0.1) is 32.5 Å². The van der Waals surface area contributed by atoms with E-state index in [0.717, 1.165) is 5.69 Å². The zero-order chi connectivity index (χ0) is 22.1. The molecule has 1 aromatic heterocycles. The van der Waals surface area contributed by atoms with Crippen molar-refractivity contribution in [3.63, 3.8) is 0 Å². The third-order valence-corrected chi connectivity index (χ3v) is 5.95. The molecule has 32 heavy (non-hydrogen) atoms. The SMILES string of the molecule is CN(C)c1cccc(Oc2nnnn2C2COC3C(NC(=O)N4CCOCC4)COC32)c1. The van der Waals surface area contributed by atoms with Crippen LogP contribution in [0.15, 0.2) is 24.3 Å². The monoisotopic (exact) mass is 445 g/mol. The molecule has 3 aliphatic heterocycles. The van der Waals surface area contributed by atoms with Crippen molar-refractivity contribution in [1.29, 1.82) is 0 Å². The van der Waals surface area contributed by atoms with Gasteiger partial charge in [0.25, 0.3) is 0 Å². The number of rotatable bonds is 5. The Balaban J connectivity index is 1.25. The summed E-state index contributed by atoms with van der Waals surface area (Å²) in [5.74, 6) is 0.630. The lowest BCUT2D eigenvalue weighted by molar-refractivity contribution is 0.0485. The molecule has 12 nitrogen and oxygen atoms in total. The number of aromatic nitrogens is 4. The van der Waals surface area contributed by atoms with E-state index in [9.17, 15) is 4.79 Å². The van der Waals surface area contributed by atoms with Crippen LogP contribution in [0.1, 0.15) is 6.04 Å². The molecule has 4 atom stereocenters. The van der Waals surface area contributed by atoms with Crippen LogP contribution in [0.4, 0.5) is 10.5 Å². The van der Waals surface area contributed by atoms with Gasteiger partial charge in [0.1, 0.15) is 24.0 Å². The van der Waals surface area contributed by atoms with E-state index in [1.165, 1.54) is 0 Å². The molecular weight excluding hydrogens is 418 g/mol. The molecule has 3 aliphatic rings. The number of amides is 2. The Morgan fingerprint density at radius 3 is 2.81 bits per heavy atom. The quantitative estimate of drug-likeness (QED) is 0.693. The van der Waals surface area contributed by atoms with Crippen molar-refractivity contribution in [1.82, 2.24) is 30.4 Å². The molecule has 0 bridgehead atoms. The van der Waals surface area contributed by atoms with E-state index in [1.54, 1.807) is 9.58 Å². The summed E-state index contributed by atoms with van der Waals surface area (Å²) < 4.78 is 24.9. The number of carbonyl (C=O) groups excluding carboxylic acids is 1. The van der Waals surface area contributed by atoms with E-state index < -0.39 is 0 Å². The largest absolute Gasteiger partial charge is 0.423 e. The summed E-state index contributed by atoms with van der Waals surface area (Å²) in [6.45, 7) is 3.00. The molecule has 5 rings (SSSR count). The summed E-state index contributed by atoms with van der Waals surface area (Å²) >= 11 is 0. The van der Waals surface area contributed by atoms with Crippen molar-refractivity contribution in [3.05, 3.63) is 24.3 Å². The first-order chi connectivity index (χ1) is 15.6. The van der Waals surface area contributed by atoms with Crippen LogP contribution in [0.2, 0.25) is 0 Å². The predicted molar refractivity (Wildman–Crippen MR) is 112 cm³/mol. The molecule has 0 saturated carbocycles. The summed E-state index contributed by atoms with van der Waals surface area (Å²) in [6.07, 6.45) is -0.567. The molecule has 3 fully saturated rings. The minimum Gasteiger partial charge on any atom is -0.423 e. The molecule has 1 N–H and O–H groups in total. The number of hydrogen-bond donors (Lipinski definition) is 1. The Morgan fingerprint density at radius 1 is 1.19 bits per heavy atom. The van der Waals surface area contributed by atoms with Gasteiger partial charge in [-0.3, -0.25) is 0 Å². The summed E-state index contributed by atoms with van der Waals surface area (Å²) in [4.78, 5) is 16.3. The minimum absolute atomic E-state index is 0.123. The highest BCUT2D eigenvalue weighted by Crippen LogP contribution is 2.36. The summed E-state index contributed by atoms with van der Waals surface area (Å²) in [5, 5.41) is 15.0. The highest BCUT2D eigenvalue weighted by Gasteiger charge is 2.50. The van der Waals surface area contributed by atoms with E-state index >= 15 is 0 Å². The van der Waals surface area contributed by atoms with E-state index in [1.807, 2.05) is 43.3 Å². The molecule has 3 saturated heterocycles. The fraction of sp³-hybridized carbons (Fsp3) is 0.600. The third-order valence-electron chi connectivity index (χ3n) is 5.95. The number of anilines is 1. The number of hydrogen-bond acceptors (Lipinski definition) is 9. The van der Waals surface area contributed by atoms with Crippen LogP contribution in [0.25, 0.3) is 0 Å². The van der Waals surface area contributed by atoms with Crippen LogP contribution in [-0.4, -0.2) is 103 Å². The van der Waals surface area contributed by atoms with Gasteiger partial charge in [-0.05, 0) is 22.6 Å². The Labute approximate surface area is 185 Å². The third kappa shape index (κ3) is 4.08. The smallest absolute Gasteiger partial charge is 0.341 e. The van der Waals surface area contributed by atoms with E-state index in [-0.39, 0.29) is 36.3 Å². The van der Waals surface area contributed by atoms with Gasteiger partial charge in [-0.25, -0.2) is 4.79 Å². The second kappa shape index (κ2) is 8.88. The minimum atomic E-state index is -0.288. The topological polar surface area (TPSA) is 116 Å². The lowest BCUT2D eigenvalue weighted by Gasteiger charge is -2.29. The van der Waals surface area contributed by atoms with E-state index in [0.29, 0.717) is 45.3 Å². The van der Waals surface area contributed by atoms with Gasteiger partial charge in [-0.1, -0.05) is 11.2 Å². The average Bonchev–Trinajstić information content (AvgIpc) is 3.52. The molecule has 172 valence electrons. The second-order valence-corrected chi connectivity index (χ2v) is 8.22. The van der Waals surface area contributed by atoms with Crippen molar-refractivity contribution in [2.24, 2.45) is 0 Å². The van der Waals surface area contributed by atoms with Gasteiger partial charge in [0.2, 0.25) is 0 Å². The lowest BCUT2D eigenvalue weighted by atomic mass is 10.1. The van der Waals surface area contributed by atoms with Crippen molar-refractivity contribution in [2.45, 2.75) is 24.3 Å². The first-order valence-corrected chi connectivity index (χ1v) is 10.7. The number of nitrogens with one attached hydrogen (secondary N) is 1. The van der Waals surface area contributed by atoms with Gasteiger partial charge in [-0.2, -0.15) is 4.68 Å². The molecule has 0 radical (unpaired) electrons. The zero-order valence-corrected chi connectivity index (χ0v) is 18.1. The van der Waals surface area contributed by atoms with Crippen LogP contribution in [0.5, 0.6) is 11.8 Å². The number of urea groups is 1. The molecule has 1 aromatic carbocycles. The standard InChI is InChI=1S/C20H27N7O5/c1-25(2)13-4-3-5-14(10-13)32-20-22-23-24-27(20)16-12-31-17-15(11-30-18(16)17)21-19(28)26-6-8-29-9-7-26/h3-5,10,15-18H,6-9,11-12H2,1-2H3,(H,21,28). The van der Waals surface area contributed by atoms with Crippen molar-refractivity contribution >= 4 is 11.7 Å². The number of ether oxygens (including phenoxy) is 4. The Hall–Kier alpha value is -2.96. The van der Waals surface area contributed by atoms with Crippen LogP contribution >= 0.6 is 0 Å². The van der Waals surface area contributed by atoms with Gasteiger partial charge < -0.3 is 34.1 Å². The molecular formula is C20H27N7O5. The molecule has 2 amide bonds. The van der Waals surface area contributed by atoms with E-state index in [4.69, 9.17) is 18.9 Å². The highest BCUT2D eigenvalue weighted by molar-refractivity contribution is 5.74. The van der Waals surface area contributed by atoms with Gasteiger partial charge in [0.15, 0.2) is 0 Å². The van der Waals surface area contributed by atoms with E-state index in [2.05, 4.69) is 20.8 Å². The second-order valence-electron chi connectivity index (χ2n) is 8.22. The molecule has 2 aromatic rings. The average molecular weight is 445 g/mol. The number of morpholine rings is 1. The maximum absolute atomic E-state index is 12.6. The first-order valence-electron chi connectivity index (χ1n) is 10.7. The van der Waals surface area contributed by atoms with Crippen molar-refractivity contribution < 1.29 is 23.7 Å². The molecule has 0 spiro atoms.